The Hall–Kier alpha value is -2.18. The topological polar surface area (TPSA) is 63.7 Å². The molecule has 0 bridgehead atoms. The average molecular weight is 416 g/mol. The molecule has 0 aromatic heterocycles. The van der Waals surface area contributed by atoms with Crippen molar-refractivity contribution in [3.8, 4) is 0 Å². The molecule has 6 heteroatoms. The number of amides is 1. The van der Waals surface area contributed by atoms with Gasteiger partial charge in [0.15, 0.2) is 9.84 Å². The summed E-state index contributed by atoms with van der Waals surface area (Å²) in [4.78, 5) is 14.6. The maximum Gasteiger partial charge on any atom is 0.238 e. The zero-order chi connectivity index (χ0) is 20.9. The van der Waals surface area contributed by atoms with E-state index in [0.717, 1.165) is 11.1 Å². The molecule has 1 heterocycles. The van der Waals surface area contributed by atoms with Crippen LogP contribution in [-0.2, 0) is 25.8 Å². The molecule has 0 spiro atoms. The van der Waals surface area contributed by atoms with E-state index in [-0.39, 0.29) is 17.8 Å². The molecule has 0 N–H and O–H groups in total. The molecule has 1 amide bonds. The molecule has 5 nitrogen and oxygen atoms in total. The van der Waals surface area contributed by atoms with Crippen molar-refractivity contribution < 1.29 is 17.9 Å². The van der Waals surface area contributed by atoms with Crippen LogP contribution in [0.5, 0.6) is 0 Å². The standard InChI is InChI=1S/C23H29NO4S/c1-23(2)18-28-21(20-13-7-4-8-14-20)16-24(23)22(25)17-29(26,27)15-9-12-19-10-5-3-6-11-19/h3-8,10-11,13-14,21H,9,12,15-18H2,1-2H3. The van der Waals surface area contributed by atoms with Gasteiger partial charge in [-0.25, -0.2) is 8.42 Å². The summed E-state index contributed by atoms with van der Waals surface area (Å²) in [5.74, 6) is -0.785. The lowest BCUT2D eigenvalue weighted by atomic mass is 9.98. The van der Waals surface area contributed by atoms with Gasteiger partial charge in [-0.3, -0.25) is 4.79 Å². The number of aryl methyl sites for hydroxylation is 1. The third kappa shape index (κ3) is 5.90. The van der Waals surface area contributed by atoms with Crippen LogP contribution in [0.15, 0.2) is 60.7 Å². The molecule has 1 saturated heterocycles. The first kappa shape index (κ1) is 21.5. The highest BCUT2D eigenvalue weighted by Gasteiger charge is 2.39. The fraction of sp³-hybridized carbons (Fsp3) is 0.435. The van der Waals surface area contributed by atoms with Crippen LogP contribution < -0.4 is 0 Å². The number of hydrogen-bond acceptors (Lipinski definition) is 4. The van der Waals surface area contributed by atoms with Crippen LogP contribution in [0.25, 0.3) is 0 Å². The minimum atomic E-state index is -3.46. The molecule has 1 fully saturated rings. The van der Waals surface area contributed by atoms with Crippen molar-refractivity contribution in [2.45, 2.75) is 38.3 Å². The molecule has 0 radical (unpaired) electrons. The minimum absolute atomic E-state index is 0.0144. The van der Waals surface area contributed by atoms with Crippen molar-refractivity contribution in [2.75, 3.05) is 24.7 Å². The number of sulfone groups is 1. The van der Waals surface area contributed by atoms with Crippen LogP contribution in [0.2, 0.25) is 0 Å². The number of carbonyl (C=O) groups excluding carboxylic acids is 1. The van der Waals surface area contributed by atoms with E-state index in [4.69, 9.17) is 4.74 Å². The lowest BCUT2D eigenvalue weighted by molar-refractivity contribution is -0.152. The molecule has 0 aliphatic carbocycles. The van der Waals surface area contributed by atoms with E-state index < -0.39 is 21.1 Å². The van der Waals surface area contributed by atoms with Crippen molar-refractivity contribution >= 4 is 15.7 Å². The predicted octanol–water partition coefficient (Wildman–Crippen LogP) is 3.41. The van der Waals surface area contributed by atoms with E-state index in [1.165, 1.54) is 0 Å². The largest absolute Gasteiger partial charge is 0.369 e. The number of hydrogen-bond donors (Lipinski definition) is 0. The van der Waals surface area contributed by atoms with Crippen molar-refractivity contribution in [3.63, 3.8) is 0 Å². The van der Waals surface area contributed by atoms with Gasteiger partial charge in [-0.1, -0.05) is 60.7 Å². The Morgan fingerprint density at radius 3 is 2.34 bits per heavy atom. The number of carbonyl (C=O) groups is 1. The fourth-order valence-electron chi connectivity index (χ4n) is 3.64. The van der Waals surface area contributed by atoms with Crippen molar-refractivity contribution in [1.29, 1.82) is 0 Å². The van der Waals surface area contributed by atoms with Crippen LogP contribution in [0, 0.1) is 0 Å². The molecule has 156 valence electrons. The third-order valence-corrected chi connectivity index (χ3v) is 6.89. The van der Waals surface area contributed by atoms with Crippen LogP contribution in [0.3, 0.4) is 0 Å². The highest BCUT2D eigenvalue weighted by molar-refractivity contribution is 7.92. The van der Waals surface area contributed by atoms with Crippen LogP contribution in [0.1, 0.15) is 37.5 Å². The number of rotatable bonds is 7. The summed E-state index contributed by atoms with van der Waals surface area (Å²) in [6, 6.07) is 19.5. The molecule has 1 unspecified atom stereocenters. The highest BCUT2D eigenvalue weighted by atomic mass is 32.2. The second kappa shape index (κ2) is 9.09. The summed E-state index contributed by atoms with van der Waals surface area (Å²) in [5, 5.41) is 0. The Morgan fingerprint density at radius 2 is 1.69 bits per heavy atom. The van der Waals surface area contributed by atoms with E-state index in [0.29, 0.717) is 26.0 Å². The quantitative estimate of drug-likeness (QED) is 0.695. The van der Waals surface area contributed by atoms with Gasteiger partial charge in [0.2, 0.25) is 5.91 Å². The Kier molecular flexibility index (Phi) is 6.75. The SMILES string of the molecule is CC1(C)COC(c2ccccc2)CN1C(=O)CS(=O)(=O)CCCc1ccccc1. The molecular formula is C23H29NO4S. The average Bonchev–Trinajstić information content (AvgIpc) is 2.68. The maximum absolute atomic E-state index is 12.9. The van der Waals surface area contributed by atoms with Crippen molar-refractivity contribution in [2.24, 2.45) is 0 Å². The van der Waals surface area contributed by atoms with Gasteiger partial charge in [-0.05, 0) is 37.8 Å². The van der Waals surface area contributed by atoms with Gasteiger partial charge in [0.05, 0.1) is 24.4 Å². The third-order valence-electron chi connectivity index (χ3n) is 5.30. The molecule has 29 heavy (non-hydrogen) atoms. The maximum atomic E-state index is 12.9. The molecule has 1 atom stereocenters. The molecule has 1 aliphatic rings. The summed E-state index contributed by atoms with van der Waals surface area (Å²) in [5.41, 5.74) is 1.56. The van der Waals surface area contributed by atoms with Gasteiger partial charge in [0.25, 0.3) is 0 Å². The van der Waals surface area contributed by atoms with E-state index in [2.05, 4.69) is 0 Å². The number of ether oxygens (including phenoxy) is 1. The van der Waals surface area contributed by atoms with Crippen LogP contribution in [-0.4, -0.2) is 49.4 Å². The molecule has 2 aromatic rings. The number of morpholine rings is 1. The van der Waals surface area contributed by atoms with E-state index in [1.807, 2.05) is 74.5 Å². The first-order chi connectivity index (χ1) is 13.8. The van der Waals surface area contributed by atoms with Crippen molar-refractivity contribution in [1.82, 2.24) is 4.90 Å². The first-order valence-corrected chi connectivity index (χ1v) is 11.8. The lowest BCUT2D eigenvalue weighted by Crippen LogP contribution is -2.57. The van der Waals surface area contributed by atoms with Gasteiger partial charge >= 0.3 is 0 Å². The smallest absolute Gasteiger partial charge is 0.238 e. The summed E-state index contributed by atoms with van der Waals surface area (Å²) in [6.07, 6.45) is 0.959. The van der Waals surface area contributed by atoms with E-state index in [1.54, 1.807) is 4.90 Å². The Bertz CT molecular complexity index is 910. The van der Waals surface area contributed by atoms with Gasteiger partial charge < -0.3 is 9.64 Å². The Labute approximate surface area is 173 Å². The second-order valence-corrected chi connectivity index (χ2v) is 10.4. The van der Waals surface area contributed by atoms with Crippen LogP contribution in [0.4, 0.5) is 0 Å². The van der Waals surface area contributed by atoms with Gasteiger partial charge in [0.1, 0.15) is 11.9 Å². The summed E-state index contributed by atoms with van der Waals surface area (Å²) < 4.78 is 31.1. The fourth-order valence-corrected chi connectivity index (χ4v) is 4.90. The van der Waals surface area contributed by atoms with Crippen LogP contribution >= 0.6 is 0 Å². The zero-order valence-corrected chi connectivity index (χ0v) is 17.9. The summed E-state index contributed by atoms with van der Waals surface area (Å²) in [7, 11) is -3.46. The Balaban J connectivity index is 1.60. The van der Waals surface area contributed by atoms with Crippen molar-refractivity contribution in [3.05, 3.63) is 71.8 Å². The summed E-state index contributed by atoms with van der Waals surface area (Å²) in [6.45, 7) is 4.55. The monoisotopic (exact) mass is 415 g/mol. The molecule has 2 aromatic carbocycles. The van der Waals surface area contributed by atoms with E-state index >= 15 is 0 Å². The first-order valence-electron chi connectivity index (χ1n) is 9.98. The summed E-state index contributed by atoms with van der Waals surface area (Å²) >= 11 is 0. The molecule has 3 rings (SSSR count). The normalized spacial score (nSPS) is 19.1. The van der Waals surface area contributed by atoms with Gasteiger partial charge in [0, 0.05) is 0 Å². The molecule has 1 aliphatic heterocycles. The van der Waals surface area contributed by atoms with Gasteiger partial charge in [-0.2, -0.15) is 0 Å². The van der Waals surface area contributed by atoms with Gasteiger partial charge in [-0.15, -0.1) is 0 Å². The number of benzene rings is 2. The molecule has 0 saturated carbocycles. The lowest BCUT2D eigenvalue weighted by Gasteiger charge is -2.45. The second-order valence-electron chi connectivity index (χ2n) is 8.21. The Morgan fingerprint density at radius 1 is 1.07 bits per heavy atom. The molecular weight excluding hydrogens is 386 g/mol. The minimum Gasteiger partial charge on any atom is -0.369 e. The highest BCUT2D eigenvalue weighted by Crippen LogP contribution is 2.30. The van der Waals surface area contributed by atoms with E-state index in [9.17, 15) is 13.2 Å². The predicted molar refractivity (Wildman–Crippen MR) is 114 cm³/mol. The zero-order valence-electron chi connectivity index (χ0n) is 17.1. The number of nitrogens with zero attached hydrogens (tertiary/aromatic N) is 1.